The second-order valence-electron chi connectivity index (χ2n) is 5.43. The van der Waals surface area contributed by atoms with Crippen molar-refractivity contribution in [3.05, 3.63) is 65.4 Å². The molecule has 5 heteroatoms. The zero-order valence-corrected chi connectivity index (χ0v) is 14.9. The Morgan fingerprint density at radius 2 is 1.84 bits per heavy atom. The van der Waals surface area contributed by atoms with Crippen molar-refractivity contribution < 1.29 is 9.90 Å². The minimum Gasteiger partial charge on any atom is -0.507 e. The van der Waals surface area contributed by atoms with Crippen molar-refractivity contribution in [1.82, 2.24) is 10.4 Å². The number of benzene rings is 2. The summed E-state index contributed by atoms with van der Waals surface area (Å²) < 4.78 is 0. The number of hydrazone groups is 1. The lowest BCUT2D eigenvalue weighted by molar-refractivity contribution is 0.0952. The molecule has 5 nitrogen and oxygen atoms in total. The number of carbonyl (C=O) groups excluding carboxylic acids is 1. The Balaban J connectivity index is 0.00000109. The van der Waals surface area contributed by atoms with Gasteiger partial charge < -0.3 is 10.1 Å². The highest BCUT2D eigenvalue weighted by Gasteiger charge is 2.11. The fraction of sp³-hybridized carbons (Fsp3) is 0.200. The largest absolute Gasteiger partial charge is 0.507 e. The number of aryl methyl sites for hydroxylation is 1. The van der Waals surface area contributed by atoms with Crippen molar-refractivity contribution in [3.8, 4) is 5.75 Å². The molecule has 1 amide bonds. The Morgan fingerprint density at radius 1 is 1.12 bits per heavy atom. The van der Waals surface area contributed by atoms with Gasteiger partial charge in [0.15, 0.2) is 0 Å². The first-order chi connectivity index (χ1) is 12.0. The molecule has 3 N–H and O–H groups in total. The van der Waals surface area contributed by atoms with Crippen LogP contribution in [0.3, 0.4) is 0 Å². The molecule has 3 aromatic rings. The molecule has 0 aliphatic heterocycles. The minimum atomic E-state index is -0.443. The molecule has 0 spiro atoms. The van der Waals surface area contributed by atoms with Gasteiger partial charge in [0, 0.05) is 10.9 Å². The summed E-state index contributed by atoms with van der Waals surface area (Å²) in [5, 5.41) is 15.0. The lowest BCUT2D eigenvalue weighted by atomic mass is 10.1. The number of aromatic hydroxyl groups is 1. The van der Waals surface area contributed by atoms with Crippen molar-refractivity contribution in [3.63, 3.8) is 0 Å². The summed E-state index contributed by atoms with van der Waals surface area (Å²) in [5.41, 5.74) is 6.08. The Bertz CT molecular complexity index is 877. The molecule has 0 aliphatic rings. The number of phenolic OH excluding ortho intramolecular Hbond substituents is 1. The third kappa shape index (κ3) is 4.26. The maximum absolute atomic E-state index is 12.1. The second-order valence-corrected chi connectivity index (χ2v) is 5.43. The molecule has 0 unspecified atom stereocenters. The topological polar surface area (TPSA) is 77.5 Å². The van der Waals surface area contributed by atoms with Gasteiger partial charge in [-0.05, 0) is 38.1 Å². The first-order valence-electron chi connectivity index (χ1n) is 8.27. The lowest BCUT2D eigenvalue weighted by Crippen LogP contribution is -2.19. The molecule has 0 fully saturated rings. The van der Waals surface area contributed by atoms with Crippen LogP contribution in [-0.2, 0) is 0 Å². The van der Waals surface area contributed by atoms with Gasteiger partial charge in [-0.3, -0.25) is 4.79 Å². The van der Waals surface area contributed by atoms with E-state index in [4.69, 9.17) is 0 Å². The van der Waals surface area contributed by atoms with Crippen LogP contribution in [0, 0.1) is 6.92 Å². The number of aromatic nitrogens is 1. The first-order valence-corrected chi connectivity index (χ1v) is 8.27. The van der Waals surface area contributed by atoms with Crippen LogP contribution >= 0.6 is 0 Å². The van der Waals surface area contributed by atoms with E-state index in [2.05, 4.69) is 15.5 Å². The predicted octanol–water partition coefficient (Wildman–Crippen LogP) is 4.36. The molecule has 130 valence electrons. The monoisotopic (exact) mass is 337 g/mol. The van der Waals surface area contributed by atoms with E-state index >= 15 is 0 Å². The first kappa shape index (κ1) is 18.3. The molecule has 0 saturated carbocycles. The number of hydrogen-bond donors (Lipinski definition) is 3. The van der Waals surface area contributed by atoms with Crippen molar-refractivity contribution in [1.29, 1.82) is 0 Å². The zero-order chi connectivity index (χ0) is 18.4. The van der Waals surface area contributed by atoms with E-state index in [0.29, 0.717) is 5.71 Å². The molecule has 0 radical (unpaired) electrons. The zero-order valence-electron chi connectivity index (χ0n) is 14.9. The van der Waals surface area contributed by atoms with Crippen molar-refractivity contribution in [2.75, 3.05) is 0 Å². The number of hydrogen-bond acceptors (Lipinski definition) is 3. The van der Waals surface area contributed by atoms with Crippen LogP contribution in [0.1, 0.15) is 42.4 Å². The Kier molecular flexibility index (Phi) is 5.95. The molecule has 0 saturated heterocycles. The summed E-state index contributed by atoms with van der Waals surface area (Å²) in [4.78, 5) is 15.4. The summed E-state index contributed by atoms with van der Waals surface area (Å²) in [6.07, 6.45) is 0. The summed E-state index contributed by atoms with van der Waals surface area (Å²) in [7, 11) is 0. The molecule has 1 heterocycles. The van der Waals surface area contributed by atoms with E-state index in [9.17, 15) is 9.90 Å². The molecule has 0 aliphatic carbocycles. The van der Waals surface area contributed by atoms with E-state index in [1.54, 1.807) is 19.1 Å². The van der Waals surface area contributed by atoms with Gasteiger partial charge in [-0.25, -0.2) is 5.43 Å². The maximum Gasteiger partial charge on any atom is 0.275 e. The average Bonchev–Trinajstić information content (AvgIpc) is 3.07. The molecule has 25 heavy (non-hydrogen) atoms. The van der Waals surface area contributed by atoms with Gasteiger partial charge in [0.1, 0.15) is 5.75 Å². The molecular formula is C20H23N3O2. The Morgan fingerprint density at radius 3 is 2.56 bits per heavy atom. The van der Waals surface area contributed by atoms with Gasteiger partial charge in [-0.15, -0.1) is 0 Å². The van der Waals surface area contributed by atoms with Crippen LogP contribution in [0.15, 0.2) is 53.6 Å². The molecule has 2 aromatic carbocycles. The second kappa shape index (κ2) is 8.15. The normalized spacial score (nSPS) is 11.0. The van der Waals surface area contributed by atoms with Crippen molar-refractivity contribution in [2.24, 2.45) is 5.10 Å². The van der Waals surface area contributed by atoms with E-state index in [-0.39, 0.29) is 11.3 Å². The highest BCUT2D eigenvalue weighted by molar-refractivity contribution is 6.03. The molecule has 1 aromatic heterocycles. The highest BCUT2D eigenvalue weighted by Crippen LogP contribution is 2.18. The van der Waals surface area contributed by atoms with E-state index < -0.39 is 5.91 Å². The number of carbonyl (C=O) groups is 1. The number of nitrogens with zero attached hydrogens (tertiary/aromatic N) is 1. The van der Waals surface area contributed by atoms with Gasteiger partial charge >= 0.3 is 0 Å². The molecule has 3 rings (SSSR count). The minimum absolute atomic E-state index is 0.0634. The number of phenols is 1. The SMILES string of the molecule is C/C(=N\NC(=O)c1cc(C)ccc1O)c1cc2ccccc2[nH]1.CC. The number of nitrogens with one attached hydrogen (secondary N) is 2. The number of H-pyrrole nitrogens is 1. The summed E-state index contributed by atoms with van der Waals surface area (Å²) in [5.74, 6) is -0.506. The number of aromatic amines is 1. The van der Waals surface area contributed by atoms with E-state index in [1.807, 2.05) is 51.1 Å². The van der Waals surface area contributed by atoms with Crippen LogP contribution in [-0.4, -0.2) is 21.7 Å². The van der Waals surface area contributed by atoms with E-state index in [1.165, 1.54) is 6.07 Å². The van der Waals surface area contributed by atoms with Crippen LogP contribution < -0.4 is 5.43 Å². The third-order valence-electron chi connectivity index (χ3n) is 3.64. The fourth-order valence-electron chi connectivity index (χ4n) is 2.36. The van der Waals surface area contributed by atoms with Crippen LogP contribution in [0.5, 0.6) is 5.75 Å². The number of rotatable bonds is 3. The number of fused-ring (bicyclic) bond motifs is 1. The maximum atomic E-state index is 12.1. The van der Waals surface area contributed by atoms with Gasteiger partial charge in [-0.2, -0.15) is 5.10 Å². The predicted molar refractivity (Wildman–Crippen MR) is 102 cm³/mol. The van der Waals surface area contributed by atoms with Crippen LogP contribution in [0.4, 0.5) is 0 Å². The van der Waals surface area contributed by atoms with Gasteiger partial charge in [0.05, 0.1) is 17.0 Å². The fourth-order valence-corrected chi connectivity index (χ4v) is 2.36. The third-order valence-corrected chi connectivity index (χ3v) is 3.64. The quantitative estimate of drug-likeness (QED) is 0.490. The van der Waals surface area contributed by atoms with Gasteiger partial charge in [0.2, 0.25) is 0 Å². The molecule has 0 atom stereocenters. The Hall–Kier alpha value is -3.08. The molecular weight excluding hydrogens is 314 g/mol. The van der Waals surface area contributed by atoms with Crippen LogP contribution in [0.2, 0.25) is 0 Å². The van der Waals surface area contributed by atoms with Crippen LogP contribution in [0.25, 0.3) is 10.9 Å². The lowest BCUT2D eigenvalue weighted by Gasteiger charge is -2.05. The summed E-state index contributed by atoms with van der Waals surface area (Å²) in [6.45, 7) is 7.66. The standard InChI is InChI=1S/C18H17N3O2.C2H6/c1-11-7-8-17(22)14(9-11)18(23)21-20-12(2)16-10-13-5-3-4-6-15(13)19-16;1-2/h3-10,19,22H,1-2H3,(H,21,23);1-2H3/b20-12+;. The average molecular weight is 337 g/mol. The van der Waals surface area contributed by atoms with Crippen molar-refractivity contribution in [2.45, 2.75) is 27.7 Å². The van der Waals surface area contributed by atoms with Crippen molar-refractivity contribution >= 4 is 22.5 Å². The van der Waals surface area contributed by atoms with Gasteiger partial charge in [-0.1, -0.05) is 43.7 Å². The Labute approximate surface area is 147 Å². The summed E-state index contributed by atoms with van der Waals surface area (Å²) in [6, 6.07) is 14.8. The smallest absolute Gasteiger partial charge is 0.275 e. The number of para-hydroxylation sites is 1. The number of amides is 1. The molecule has 0 bridgehead atoms. The highest BCUT2D eigenvalue weighted by atomic mass is 16.3. The van der Waals surface area contributed by atoms with Gasteiger partial charge in [0.25, 0.3) is 5.91 Å². The summed E-state index contributed by atoms with van der Waals surface area (Å²) >= 11 is 0. The van der Waals surface area contributed by atoms with E-state index in [0.717, 1.165) is 22.2 Å².